The van der Waals surface area contributed by atoms with Crippen molar-refractivity contribution in [1.29, 1.82) is 0 Å². The van der Waals surface area contributed by atoms with E-state index in [1.54, 1.807) is 0 Å². The Labute approximate surface area is 99.2 Å². The number of hydrogen-bond acceptors (Lipinski definition) is 2. The van der Waals surface area contributed by atoms with Crippen molar-refractivity contribution < 1.29 is 9.53 Å². The minimum Gasteiger partial charge on any atom is -0.458 e. The Kier molecular flexibility index (Phi) is 4.35. The first-order valence-corrected chi connectivity index (χ1v) is 5.46. The molecule has 4 heteroatoms. The van der Waals surface area contributed by atoms with Crippen LogP contribution in [0.25, 0.3) is 0 Å². The zero-order valence-electron chi connectivity index (χ0n) is 7.30. The summed E-state index contributed by atoms with van der Waals surface area (Å²) in [5.74, 6) is -0.423. The summed E-state index contributed by atoms with van der Waals surface area (Å²) in [6.45, 7) is 3.55. The molecule has 0 bridgehead atoms. The lowest BCUT2D eigenvalue weighted by molar-refractivity contribution is -0.139. The van der Waals surface area contributed by atoms with Crippen molar-refractivity contribution in [1.82, 2.24) is 0 Å². The highest BCUT2D eigenvalue weighted by Crippen LogP contribution is 2.25. The fourth-order valence-corrected chi connectivity index (χ4v) is 2.10. The van der Waals surface area contributed by atoms with Gasteiger partial charge in [0.15, 0.2) is 0 Å². The fraction of sp³-hybridized carbons (Fsp3) is 0.100. The third kappa shape index (κ3) is 2.96. The third-order valence-electron chi connectivity index (χ3n) is 1.59. The normalized spacial score (nSPS) is 9.57. The Bertz CT molecular complexity index is 341. The molecule has 0 unspecified atom stereocenters. The molecule has 0 heterocycles. The molecule has 0 saturated carbocycles. The van der Waals surface area contributed by atoms with Gasteiger partial charge < -0.3 is 4.74 Å². The van der Waals surface area contributed by atoms with Crippen LogP contribution < -0.4 is 0 Å². The van der Waals surface area contributed by atoms with Gasteiger partial charge in [-0.05, 0) is 12.1 Å². The van der Waals surface area contributed by atoms with Crippen molar-refractivity contribution in [3.8, 4) is 0 Å². The summed E-state index contributed by atoms with van der Waals surface area (Å²) >= 11 is 6.74. The standard InChI is InChI=1S/C10H8Br2O2/c1-2-10(13)14-6-7-8(11)4-3-5-9(7)12/h2-5H,1,6H2. The third-order valence-corrected chi connectivity index (χ3v) is 3.07. The molecular formula is C10H8Br2O2. The number of carbonyl (C=O) groups is 1. The fourth-order valence-electron chi connectivity index (χ4n) is 0.872. The molecule has 0 N–H and O–H groups in total. The molecule has 2 nitrogen and oxygen atoms in total. The monoisotopic (exact) mass is 318 g/mol. The molecule has 0 aliphatic carbocycles. The highest BCUT2D eigenvalue weighted by molar-refractivity contribution is 9.11. The van der Waals surface area contributed by atoms with Crippen LogP contribution in [0.3, 0.4) is 0 Å². The minimum atomic E-state index is -0.423. The second kappa shape index (κ2) is 5.32. The zero-order valence-corrected chi connectivity index (χ0v) is 10.5. The summed E-state index contributed by atoms with van der Waals surface area (Å²) in [6.07, 6.45) is 1.14. The maximum Gasteiger partial charge on any atom is 0.330 e. The molecule has 0 radical (unpaired) electrons. The lowest BCUT2D eigenvalue weighted by Crippen LogP contribution is -2.01. The molecule has 0 aliphatic rings. The van der Waals surface area contributed by atoms with Gasteiger partial charge in [0.05, 0.1) is 0 Å². The summed E-state index contributed by atoms with van der Waals surface area (Å²) in [7, 11) is 0. The molecule has 0 aromatic heterocycles. The SMILES string of the molecule is C=CC(=O)OCc1c(Br)cccc1Br. The number of rotatable bonds is 3. The highest BCUT2D eigenvalue weighted by Gasteiger charge is 2.06. The van der Waals surface area contributed by atoms with Gasteiger partial charge in [0.1, 0.15) is 6.61 Å². The van der Waals surface area contributed by atoms with Gasteiger partial charge in [0, 0.05) is 20.6 Å². The number of esters is 1. The first-order chi connectivity index (χ1) is 6.65. The zero-order chi connectivity index (χ0) is 10.6. The van der Waals surface area contributed by atoms with Gasteiger partial charge in [-0.2, -0.15) is 0 Å². The Morgan fingerprint density at radius 2 is 2.00 bits per heavy atom. The second-order valence-corrected chi connectivity index (χ2v) is 4.22. The molecule has 0 aliphatic heterocycles. The number of hydrogen-bond donors (Lipinski definition) is 0. The van der Waals surface area contributed by atoms with E-state index in [9.17, 15) is 4.79 Å². The van der Waals surface area contributed by atoms with E-state index >= 15 is 0 Å². The van der Waals surface area contributed by atoms with Gasteiger partial charge in [0.25, 0.3) is 0 Å². The van der Waals surface area contributed by atoms with Crippen LogP contribution in [0.1, 0.15) is 5.56 Å². The van der Waals surface area contributed by atoms with Crippen LogP contribution in [0.4, 0.5) is 0 Å². The average Bonchev–Trinajstić information content (AvgIpc) is 2.16. The molecule has 1 aromatic carbocycles. The minimum absolute atomic E-state index is 0.229. The Morgan fingerprint density at radius 3 is 2.50 bits per heavy atom. The Balaban J connectivity index is 2.76. The molecule has 74 valence electrons. The molecule has 14 heavy (non-hydrogen) atoms. The van der Waals surface area contributed by atoms with E-state index in [1.165, 1.54) is 0 Å². The molecule has 0 spiro atoms. The summed E-state index contributed by atoms with van der Waals surface area (Å²) in [5.41, 5.74) is 0.905. The van der Waals surface area contributed by atoms with Crippen LogP contribution >= 0.6 is 31.9 Å². The number of carbonyl (C=O) groups excluding carboxylic acids is 1. The number of halogens is 2. The maximum absolute atomic E-state index is 10.8. The van der Waals surface area contributed by atoms with Crippen molar-refractivity contribution in [2.75, 3.05) is 0 Å². The van der Waals surface area contributed by atoms with Crippen LogP contribution in [-0.2, 0) is 16.1 Å². The van der Waals surface area contributed by atoms with E-state index in [0.29, 0.717) is 0 Å². The molecular weight excluding hydrogens is 312 g/mol. The van der Waals surface area contributed by atoms with E-state index in [2.05, 4.69) is 38.4 Å². The Morgan fingerprint density at radius 1 is 1.43 bits per heavy atom. The lowest BCUT2D eigenvalue weighted by Gasteiger charge is -2.06. The van der Waals surface area contributed by atoms with E-state index in [0.717, 1.165) is 20.6 Å². The van der Waals surface area contributed by atoms with Crippen LogP contribution in [0.15, 0.2) is 39.8 Å². The summed E-state index contributed by atoms with van der Waals surface area (Å²) in [4.78, 5) is 10.8. The first kappa shape index (κ1) is 11.5. The van der Waals surface area contributed by atoms with Crippen molar-refractivity contribution >= 4 is 37.8 Å². The van der Waals surface area contributed by atoms with Crippen LogP contribution in [-0.4, -0.2) is 5.97 Å². The Hall–Kier alpha value is -0.610. The topological polar surface area (TPSA) is 26.3 Å². The van der Waals surface area contributed by atoms with Crippen LogP contribution in [0.5, 0.6) is 0 Å². The van der Waals surface area contributed by atoms with Gasteiger partial charge in [0.2, 0.25) is 0 Å². The molecule has 0 atom stereocenters. The van der Waals surface area contributed by atoms with E-state index in [4.69, 9.17) is 4.74 Å². The predicted molar refractivity (Wildman–Crippen MR) is 61.8 cm³/mol. The molecule has 1 aromatic rings. The molecule has 0 amide bonds. The van der Waals surface area contributed by atoms with E-state index in [1.807, 2.05) is 18.2 Å². The van der Waals surface area contributed by atoms with Crippen molar-refractivity contribution in [3.63, 3.8) is 0 Å². The van der Waals surface area contributed by atoms with Crippen LogP contribution in [0.2, 0.25) is 0 Å². The maximum atomic E-state index is 10.8. The number of ether oxygens (including phenoxy) is 1. The predicted octanol–water partition coefficient (Wildman–Crippen LogP) is 3.44. The second-order valence-electron chi connectivity index (χ2n) is 2.51. The largest absolute Gasteiger partial charge is 0.458 e. The van der Waals surface area contributed by atoms with Gasteiger partial charge in [-0.15, -0.1) is 0 Å². The molecule has 0 fully saturated rings. The molecule has 1 rings (SSSR count). The van der Waals surface area contributed by atoms with Crippen molar-refractivity contribution in [2.45, 2.75) is 6.61 Å². The summed E-state index contributed by atoms with van der Waals surface area (Å²) < 4.78 is 6.73. The molecule has 0 saturated heterocycles. The van der Waals surface area contributed by atoms with Crippen molar-refractivity contribution in [3.05, 3.63) is 45.4 Å². The number of benzene rings is 1. The van der Waals surface area contributed by atoms with Gasteiger partial charge in [-0.3, -0.25) is 0 Å². The lowest BCUT2D eigenvalue weighted by atomic mass is 10.2. The van der Waals surface area contributed by atoms with Crippen LogP contribution in [0, 0.1) is 0 Å². The van der Waals surface area contributed by atoms with Gasteiger partial charge >= 0.3 is 5.97 Å². The highest BCUT2D eigenvalue weighted by atomic mass is 79.9. The van der Waals surface area contributed by atoms with Gasteiger partial charge in [-0.1, -0.05) is 44.5 Å². The quantitative estimate of drug-likeness (QED) is 0.630. The summed E-state index contributed by atoms with van der Waals surface area (Å²) in [6, 6.07) is 5.68. The smallest absolute Gasteiger partial charge is 0.330 e. The van der Waals surface area contributed by atoms with E-state index in [-0.39, 0.29) is 6.61 Å². The van der Waals surface area contributed by atoms with Gasteiger partial charge in [-0.25, -0.2) is 4.79 Å². The van der Waals surface area contributed by atoms with Crippen molar-refractivity contribution in [2.24, 2.45) is 0 Å². The summed E-state index contributed by atoms with van der Waals surface area (Å²) in [5, 5.41) is 0. The average molecular weight is 320 g/mol. The first-order valence-electron chi connectivity index (χ1n) is 3.87. The van der Waals surface area contributed by atoms with E-state index < -0.39 is 5.97 Å².